The van der Waals surface area contributed by atoms with Gasteiger partial charge in [0.05, 0.1) is 0 Å². The van der Waals surface area contributed by atoms with Gasteiger partial charge in [-0.3, -0.25) is 0 Å². The van der Waals surface area contributed by atoms with E-state index in [4.69, 9.17) is 4.74 Å². The van der Waals surface area contributed by atoms with E-state index >= 15 is 0 Å². The van der Waals surface area contributed by atoms with E-state index in [1.807, 2.05) is 56.3 Å². The van der Waals surface area contributed by atoms with E-state index in [1.54, 1.807) is 0 Å². The quantitative estimate of drug-likeness (QED) is 0.433. The van der Waals surface area contributed by atoms with E-state index in [9.17, 15) is 14.7 Å². The lowest BCUT2D eigenvalue weighted by Crippen LogP contribution is -2.50. The van der Waals surface area contributed by atoms with Crippen LogP contribution in [0.4, 0.5) is 4.79 Å². The molecule has 1 unspecified atom stereocenters. The van der Waals surface area contributed by atoms with Gasteiger partial charge >= 0.3 is 12.1 Å². The van der Waals surface area contributed by atoms with E-state index in [2.05, 4.69) is 24.0 Å². The number of hydrogen-bond donors (Lipinski definition) is 2. The Kier molecular flexibility index (Phi) is 6.60. The number of alkyl carbamates (subject to hydrolysis) is 1. The number of carbonyl (C=O) groups excluding carboxylic acids is 1. The number of nitrogens with one attached hydrogen (secondary N) is 1. The molecule has 158 valence electrons. The molecule has 1 aliphatic carbocycles. The van der Waals surface area contributed by atoms with Crippen LogP contribution in [0, 0.1) is 5.41 Å². The minimum Gasteiger partial charge on any atom is -0.480 e. The Balaban J connectivity index is 1.68. The maximum absolute atomic E-state index is 12.5. The van der Waals surface area contributed by atoms with Crippen LogP contribution in [0.2, 0.25) is 0 Å². The monoisotopic (exact) mass is 407 g/mol. The molecule has 3 rings (SSSR count). The van der Waals surface area contributed by atoms with Crippen molar-refractivity contribution in [3.05, 3.63) is 72.3 Å². The van der Waals surface area contributed by atoms with Crippen LogP contribution in [0.5, 0.6) is 0 Å². The van der Waals surface area contributed by atoms with Crippen molar-refractivity contribution in [3.63, 3.8) is 0 Å². The van der Waals surface area contributed by atoms with Gasteiger partial charge in [0, 0.05) is 5.92 Å². The van der Waals surface area contributed by atoms with E-state index < -0.39 is 23.5 Å². The van der Waals surface area contributed by atoms with Gasteiger partial charge in [0.15, 0.2) is 0 Å². The zero-order valence-corrected chi connectivity index (χ0v) is 17.6. The summed E-state index contributed by atoms with van der Waals surface area (Å²) in [4.78, 5) is 24.3. The third kappa shape index (κ3) is 4.56. The maximum Gasteiger partial charge on any atom is 0.407 e. The third-order valence-electron chi connectivity index (χ3n) is 5.86. The molecule has 0 spiro atoms. The zero-order valence-electron chi connectivity index (χ0n) is 17.6. The minimum absolute atomic E-state index is 0.0629. The zero-order chi connectivity index (χ0) is 21.7. The maximum atomic E-state index is 12.5. The Morgan fingerprint density at radius 1 is 1.13 bits per heavy atom. The lowest BCUT2D eigenvalue weighted by Gasteiger charge is -2.31. The van der Waals surface area contributed by atoms with Crippen molar-refractivity contribution < 1.29 is 19.4 Å². The van der Waals surface area contributed by atoms with Gasteiger partial charge in [0.25, 0.3) is 0 Å². The summed E-state index contributed by atoms with van der Waals surface area (Å²) in [6.45, 7) is 7.54. The van der Waals surface area contributed by atoms with Gasteiger partial charge in [0.2, 0.25) is 0 Å². The number of unbranched alkanes of at least 4 members (excludes halogenated alkanes) is 1. The van der Waals surface area contributed by atoms with Gasteiger partial charge in [-0.25, -0.2) is 9.59 Å². The molecule has 0 fully saturated rings. The highest BCUT2D eigenvalue weighted by Crippen LogP contribution is 2.44. The van der Waals surface area contributed by atoms with Crippen LogP contribution >= 0.6 is 0 Å². The SMILES string of the molecule is C=CCCCC(C)(C)C(NC(=O)OCC1c2ccccc2-c2ccccc21)C(=O)O. The second-order valence-electron chi connectivity index (χ2n) is 8.41. The average molecular weight is 408 g/mol. The minimum atomic E-state index is -1.06. The number of carboxylic acid groups (broad SMARTS) is 1. The Labute approximate surface area is 177 Å². The number of carbonyl (C=O) groups is 2. The molecule has 0 aromatic heterocycles. The molecular weight excluding hydrogens is 378 g/mol. The Morgan fingerprint density at radius 2 is 1.70 bits per heavy atom. The standard InChI is InChI=1S/C25H29NO4/c1-4-5-10-15-25(2,3)22(23(27)28)26-24(29)30-16-21-19-13-8-6-11-17(19)18-12-7-9-14-20(18)21/h4,6-9,11-14,21-22H,1,5,10,15-16H2,2-3H3,(H,26,29)(H,27,28). The van der Waals surface area contributed by atoms with E-state index in [-0.39, 0.29) is 12.5 Å². The van der Waals surface area contributed by atoms with Crippen LogP contribution in [0.25, 0.3) is 11.1 Å². The Bertz CT molecular complexity index is 889. The molecule has 2 aromatic rings. The van der Waals surface area contributed by atoms with Crippen molar-refractivity contribution in [2.75, 3.05) is 6.61 Å². The molecule has 5 nitrogen and oxygen atoms in total. The first-order valence-corrected chi connectivity index (χ1v) is 10.3. The van der Waals surface area contributed by atoms with Crippen molar-refractivity contribution in [3.8, 4) is 11.1 Å². The second-order valence-corrected chi connectivity index (χ2v) is 8.41. The summed E-state index contributed by atoms with van der Waals surface area (Å²) in [7, 11) is 0. The number of rotatable bonds is 9. The normalized spacial score (nSPS) is 13.8. The molecule has 0 saturated heterocycles. The number of fused-ring (bicyclic) bond motifs is 3. The number of ether oxygens (including phenoxy) is 1. The van der Waals surface area contributed by atoms with Crippen LogP contribution in [-0.4, -0.2) is 29.8 Å². The Hall–Kier alpha value is -3.08. The van der Waals surface area contributed by atoms with E-state index in [0.29, 0.717) is 6.42 Å². The fourth-order valence-electron chi connectivity index (χ4n) is 4.20. The fourth-order valence-corrected chi connectivity index (χ4v) is 4.20. The van der Waals surface area contributed by atoms with E-state index in [1.165, 1.54) is 0 Å². The average Bonchev–Trinajstić information content (AvgIpc) is 3.04. The summed E-state index contributed by atoms with van der Waals surface area (Å²) in [5, 5.41) is 12.2. The molecule has 2 aromatic carbocycles. The fraction of sp³-hybridized carbons (Fsp3) is 0.360. The van der Waals surface area contributed by atoms with Gasteiger partial charge in [-0.15, -0.1) is 6.58 Å². The van der Waals surface area contributed by atoms with E-state index in [0.717, 1.165) is 35.1 Å². The first kappa shape index (κ1) is 21.6. The highest BCUT2D eigenvalue weighted by atomic mass is 16.5. The van der Waals surface area contributed by atoms with Crippen LogP contribution in [0.3, 0.4) is 0 Å². The number of allylic oxidation sites excluding steroid dienone is 1. The van der Waals surface area contributed by atoms with Gasteiger partial charge in [-0.05, 0) is 46.9 Å². The molecule has 0 radical (unpaired) electrons. The lowest BCUT2D eigenvalue weighted by molar-refractivity contribution is -0.142. The molecule has 0 aliphatic heterocycles. The third-order valence-corrected chi connectivity index (χ3v) is 5.86. The summed E-state index contributed by atoms with van der Waals surface area (Å²) in [6, 6.07) is 15.1. The topological polar surface area (TPSA) is 75.6 Å². The second kappa shape index (κ2) is 9.16. The smallest absolute Gasteiger partial charge is 0.407 e. The van der Waals surface area contributed by atoms with Gasteiger partial charge < -0.3 is 15.2 Å². The predicted molar refractivity (Wildman–Crippen MR) is 117 cm³/mol. The summed E-state index contributed by atoms with van der Waals surface area (Å²) < 4.78 is 5.51. The van der Waals surface area contributed by atoms with Crippen LogP contribution in [-0.2, 0) is 9.53 Å². The van der Waals surface area contributed by atoms with Gasteiger partial charge in [0.1, 0.15) is 12.6 Å². The lowest BCUT2D eigenvalue weighted by atomic mass is 9.79. The molecule has 30 heavy (non-hydrogen) atoms. The highest BCUT2D eigenvalue weighted by Gasteiger charge is 2.37. The largest absolute Gasteiger partial charge is 0.480 e. The summed E-state index contributed by atoms with van der Waals surface area (Å²) in [5.74, 6) is -1.13. The first-order valence-electron chi connectivity index (χ1n) is 10.3. The molecule has 1 amide bonds. The van der Waals surface area contributed by atoms with Crippen molar-refractivity contribution in [2.45, 2.75) is 45.1 Å². The molecule has 0 bridgehead atoms. The van der Waals surface area contributed by atoms with Crippen molar-refractivity contribution in [1.29, 1.82) is 0 Å². The number of aliphatic carboxylic acids is 1. The predicted octanol–water partition coefficient (Wildman–Crippen LogP) is 5.36. The van der Waals surface area contributed by atoms with Gasteiger partial charge in [-0.1, -0.05) is 68.5 Å². The summed E-state index contributed by atoms with van der Waals surface area (Å²) in [5.41, 5.74) is 3.92. The van der Waals surface area contributed by atoms with Crippen molar-refractivity contribution in [1.82, 2.24) is 5.32 Å². The van der Waals surface area contributed by atoms with Crippen LogP contribution < -0.4 is 5.32 Å². The van der Waals surface area contributed by atoms with Crippen LogP contribution in [0.1, 0.15) is 50.2 Å². The molecule has 1 atom stereocenters. The summed E-state index contributed by atoms with van der Waals surface area (Å²) >= 11 is 0. The van der Waals surface area contributed by atoms with Crippen LogP contribution in [0.15, 0.2) is 61.2 Å². The highest BCUT2D eigenvalue weighted by molar-refractivity contribution is 5.81. The molecule has 2 N–H and O–H groups in total. The van der Waals surface area contributed by atoms with Crippen molar-refractivity contribution in [2.24, 2.45) is 5.41 Å². The number of hydrogen-bond acceptors (Lipinski definition) is 3. The molecule has 5 heteroatoms. The Morgan fingerprint density at radius 3 is 2.23 bits per heavy atom. The van der Waals surface area contributed by atoms with Gasteiger partial charge in [-0.2, -0.15) is 0 Å². The molecule has 0 saturated carbocycles. The number of amides is 1. The molecule has 1 aliphatic rings. The molecule has 0 heterocycles. The summed E-state index contributed by atoms with van der Waals surface area (Å²) in [6.07, 6.45) is 3.37. The number of benzene rings is 2. The van der Waals surface area contributed by atoms with Crippen molar-refractivity contribution >= 4 is 12.1 Å². The number of carboxylic acids is 1. The molecular formula is C25H29NO4. The first-order chi connectivity index (χ1) is 14.3.